The highest BCUT2D eigenvalue weighted by Crippen LogP contribution is 2.34. The van der Waals surface area contributed by atoms with Gasteiger partial charge in [0.25, 0.3) is 5.91 Å². The van der Waals surface area contributed by atoms with Gasteiger partial charge in [0.1, 0.15) is 10.7 Å². The van der Waals surface area contributed by atoms with Gasteiger partial charge in [-0.1, -0.05) is 0 Å². The number of hydrogen-bond acceptors (Lipinski definition) is 4. The van der Waals surface area contributed by atoms with Gasteiger partial charge in [0.2, 0.25) is 5.56 Å². The van der Waals surface area contributed by atoms with E-state index < -0.39 is 0 Å². The number of hydrogen-bond donors (Lipinski definition) is 0. The summed E-state index contributed by atoms with van der Waals surface area (Å²) in [6.45, 7) is 5.59. The first kappa shape index (κ1) is 17.0. The van der Waals surface area contributed by atoms with Crippen molar-refractivity contribution in [1.82, 2.24) is 18.9 Å². The lowest BCUT2D eigenvalue weighted by Gasteiger charge is -2.31. The Morgan fingerprint density at radius 1 is 1.23 bits per heavy atom. The first-order valence-electron chi connectivity index (χ1n) is 8.84. The molecule has 7 heteroatoms. The predicted octanol–water partition coefficient (Wildman–Crippen LogP) is 2.73. The molecule has 1 fully saturated rings. The topological polar surface area (TPSA) is 59.6 Å². The summed E-state index contributed by atoms with van der Waals surface area (Å²) < 4.78 is 3.67. The lowest BCUT2D eigenvalue weighted by molar-refractivity contribution is 0.0711. The van der Waals surface area contributed by atoms with Crippen LogP contribution in [0.15, 0.2) is 28.5 Å². The SMILES string of the molecule is Cc1csc2c(C3CCN(C(=O)c4ccc(=O)n(C)c4)CC3)nc(C)n12. The lowest BCUT2D eigenvalue weighted by Crippen LogP contribution is -2.38. The van der Waals surface area contributed by atoms with Gasteiger partial charge in [0, 0.05) is 49.4 Å². The fourth-order valence-corrected chi connectivity index (χ4v) is 4.88. The Balaban J connectivity index is 1.50. The highest BCUT2D eigenvalue weighted by atomic mass is 32.1. The van der Waals surface area contributed by atoms with Gasteiger partial charge in [-0.05, 0) is 32.8 Å². The molecule has 1 aliphatic heterocycles. The molecule has 4 heterocycles. The number of piperidine rings is 1. The summed E-state index contributed by atoms with van der Waals surface area (Å²) >= 11 is 1.75. The number of rotatable bonds is 2. The first-order chi connectivity index (χ1) is 12.5. The second-order valence-electron chi connectivity index (χ2n) is 7.00. The first-order valence-corrected chi connectivity index (χ1v) is 9.72. The van der Waals surface area contributed by atoms with Crippen LogP contribution in [0.4, 0.5) is 0 Å². The molecule has 1 amide bonds. The van der Waals surface area contributed by atoms with E-state index in [-0.39, 0.29) is 11.5 Å². The van der Waals surface area contributed by atoms with E-state index in [4.69, 9.17) is 4.98 Å². The molecule has 26 heavy (non-hydrogen) atoms. The van der Waals surface area contributed by atoms with Crippen molar-refractivity contribution in [3.05, 3.63) is 56.8 Å². The van der Waals surface area contributed by atoms with E-state index in [0.717, 1.165) is 31.8 Å². The van der Waals surface area contributed by atoms with Crippen LogP contribution in [0.2, 0.25) is 0 Å². The molecule has 0 bridgehead atoms. The molecule has 3 aromatic rings. The van der Waals surface area contributed by atoms with E-state index in [2.05, 4.69) is 23.6 Å². The van der Waals surface area contributed by atoms with Crippen molar-refractivity contribution >= 4 is 22.1 Å². The Hall–Kier alpha value is -2.41. The van der Waals surface area contributed by atoms with Crippen LogP contribution >= 0.6 is 11.3 Å². The van der Waals surface area contributed by atoms with Crippen LogP contribution < -0.4 is 5.56 Å². The van der Waals surface area contributed by atoms with Gasteiger partial charge in [-0.25, -0.2) is 4.98 Å². The Labute approximate surface area is 155 Å². The second-order valence-corrected chi connectivity index (χ2v) is 7.85. The highest BCUT2D eigenvalue weighted by Gasteiger charge is 2.28. The van der Waals surface area contributed by atoms with E-state index in [1.807, 2.05) is 4.90 Å². The standard InChI is InChI=1S/C19H22N4O2S/c1-12-11-26-19-17(20-13(2)23(12)19)14-6-8-22(9-7-14)18(25)15-4-5-16(24)21(3)10-15/h4-5,10-11,14H,6-9H2,1-3H3. The molecule has 0 unspecified atom stereocenters. The van der Waals surface area contributed by atoms with Crippen molar-refractivity contribution < 1.29 is 4.79 Å². The van der Waals surface area contributed by atoms with Gasteiger partial charge in [0.05, 0.1) is 11.3 Å². The number of fused-ring (bicyclic) bond motifs is 1. The van der Waals surface area contributed by atoms with Crippen molar-refractivity contribution in [3.8, 4) is 0 Å². The van der Waals surface area contributed by atoms with Crippen LogP contribution in [0, 0.1) is 13.8 Å². The average molecular weight is 370 g/mol. The van der Waals surface area contributed by atoms with Crippen LogP contribution in [-0.4, -0.2) is 37.8 Å². The number of likely N-dealkylation sites (tertiary alicyclic amines) is 1. The Bertz CT molecular complexity index is 1040. The second kappa shape index (κ2) is 6.39. The monoisotopic (exact) mass is 370 g/mol. The number of pyridine rings is 1. The maximum atomic E-state index is 12.7. The summed E-state index contributed by atoms with van der Waals surface area (Å²) in [6, 6.07) is 3.07. The molecule has 136 valence electrons. The molecule has 4 rings (SSSR count). The van der Waals surface area contributed by atoms with E-state index in [9.17, 15) is 9.59 Å². The van der Waals surface area contributed by atoms with Gasteiger partial charge in [0.15, 0.2) is 0 Å². The predicted molar refractivity (Wildman–Crippen MR) is 102 cm³/mol. The van der Waals surface area contributed by atoms with E-state index in [1.54, 1.807) is 30.6 Å². The summed E-state index contributed by atoms with van der Waals surface area (Å²) in [5, 5.41) is 2.17. The van der Waals surface area contributed by atoms with Crippen molar-refractivity contribution in [3.63, 3.8) is 0 Å². The zero-order valence-electron chi connectivity index (χ0n) is 15.2. The molecule has 0 atom stereocenters. The minimum atomic E-state index is -0.106. The number of nitrogens with zero attached hydrogens (tertiary/aromatic N) is 4. The van der Waals surface area contributed by atoms with Crippen LogP contribution in [0.25, 0.3) is 4.83 Å². The normalized spacial score (nSPS) is 15.7. The van der Waals surface area contributed by atoms with Crippen LogP contribution in [0.3, 0.4) is 0 Å². The third kappa shape index (κ3) is 2.76. The van der Waals surface area contributed by atoms with E-state index in [1.165, 1.54) is 26.9 Å². The third-order valence-electron chi connectivity index (χ3n) is 5.22. The van der Waals surface area contributed by atoms with Crippen molar-refractivity contribution in [2.45, 2.75) is 32.6 Å². The molecule has 6 nitrogen and oxygen atoms in total. The van der Waals surface area contributed by atoms with Crippen LogP contribution in [0.1, 0.15) is 46.3 Å². The van der Waals surface area contributed by atoms with Crippen molar-refractivity contribution in [2.24, 2.45) is 7.05 Å². The summed E-state index contributed by atoms with van der Waals surface area (Å²) in [4.78, 5) is 32.2. The smallest absolute Gasteiger partial charge is 0.255 e. The zero-order chi connectivity index (χ0) is 18.4. The van der Waals surface area contributed by atoms with Gasteiger partial charge in [-0.15, -0.1) is 11.3 Å². The molecule has 0 spiro atoms. The number of carbonyl (C=O) groups excluding carboxylic acids is 1. The minimum absolute atomic E-state index is 0.00261. The highest BCUT2D eigenvalue weighted by molar-refractivity contribution is 7.15. The van der Waals surface area contributed by atoms with Gasteiger partial charge in [-0.2, -0.15) is 0 Å². The molecular formula is C19H22N4O2S. The van der Waals surface area contributed by atoms with Gasteiger partial charge >= 0.3 is 0 Å². The van der Waals surface area contributed by atoms with Gasteiger partial charge < -0.3 is 9.47 Å². The van der Waals surface area contributed by atoms with Crippen LogP contribution in [-0.2, 0) is 7.05 Å². The number of aromatic nitrogens is 3. The van der Waals surface area contributed by atoms with Crippen molar-refractivity contribution in [1.29, 1.82) is 0 Å². The maximum absolute atomic E-state index is 12.7. The maximum Gasteiger partial charge on any atom is 0.255 e. The molecule has 0 radical (unpaired) electrons. The fraction of sp³-hybridized carbons (Fsp3) is 0.421. The lowest BCUT2D eigenvalue weighted by atomic mass is 9.93. The molecule has 0 saturated carbocycles. The number of amides is 1. The average Bonchev–Trinajstić information content (AvgIpc) is 3.18. The molecular weight excluding hydrogens is 348 g/mol. The Kier molecular flexibility index (Phi) is 4.19. The van der Waals surface area contributed by atoms with E-state index >= 15 is 0 Å². The quantitative estimate of drug-likeness (QED) is 0.697. The van der Waals surface area contributed by atoms with Crippen molar-refractivity contribution in [2.75, 3.05) is 13.1 Å². The number of aryl methyl sites for hydroxylation is 3. The molecule has 3 aromatic heterocycles. The molecule has 0 aliphatic carbocycles. The fourth-order valence-electron chi connectivity index (χ4n) is 3.78. The minimum Gasteiger partial charge on any atom is -0.339 e. The zero-order valence-corrected chi connectivity index (χ0v) is 16.0. The summed E-state index contributed by atoms with van der Waals surface area (Å²) in [5.41, 5.74) is 2.86. The molecule has 1 saturated heterocycles. The Morgan fingerprint density at radius 2 is 1.96 bits per heavy atom. The summed E-state index contributed by atoms with van der Waals surface area (Å²) in [6.07, 6.45) is 3.45. The molecule has 1 aliphatic rings. The van der Waals surface area contributed by atoms with E-state index in [0.29, 0.717) is 11.5 Å². The molecule has 0 N–H and O–H groups in total. The summed E-state index contributed by atoms with van der Waals surface area (Å²) in [7, 11) is 1.67. The number of imidazole rings is 1. The number of thiazole rings is 1. The third-order valence-corrected chi connectivity index (χ3v) is 6.30. The summed E-state index contributed by atoms with van der Waals surface area (Å²) in [5.74, 6) is 1.43. The molecule has 0 aromatic carbocycles. The number of carbonyl (C=O) groups is 1. The Morgan fingerprint density at radius 3 is 2.65 bits per heavy atom. The largest absolute Gasteiger partial charge is 0.339 e. The van der Waals surface area contributed by atoms with Gasteiger partial charge in [-0.3, -0.25) is 14.0 Å². The van der Waals surface area contributed by atoms with Crippen LogP contribution in [0.5, 0.6) is 0 Å².